The molecule has 0 fully saturated rings. The summed E-state index contributed by atoms with van der Waals surface area (Å²) in [5.41, 5.74) is 5.68. The van der Waals surface area contributed by atoms with Crippen LogP contribution in [-0.2, 0) is 14.3 Å². The van der Waals surface area contributed by atoms with E-state index < -0.39 is 6.04 Å². The van der Waals surface area contributed by atoms with Crippen molar-refractivity contribution in [2.45, 2.75) is 31.9 Å². The number of methoxy groups -OCH3 is 2. The Bertz CT molecular complexity index is 176. The van der Waals surface area contributed by atoms with Gasteiger partial charge in [-0.1, -0.05) is 0 Å². The van der Waals surface area contributed by atoms with Gasteiger partial charge in [0.25, 0.3) is 0 Å². The first kappa shape index (κ1) is 14.3. The highest BCUT2D eigenvalue weighted by molar-refractivity contribution is 5.81. The van der Waals surface area contributed by atoms with Crippen molar-refractivity contribution in [3.05, 3.63) is 0 Å². The minimum Gasteiger partial charge on any atom is -0.385 e. The highest BCUT2D eigenvalue weighted by atomic mass is 16.5. The summed E-state index contributed by atoms with van der Waals surface area (Å²) in [6, 6.07) is -0.454. The van der Waals surface area contributed by atoms with Gasteiger partial charge in [0.05, 0.1) is 12.1 Å². The average molecular weight is 218 g/mol. The lowest BCUT2D eigenvalue weighted by atomic mass is 10.1. The van der Waals surface area contributed by atoms with Gasteiger partial charge in [-0.15, -0.1) is 0 Å². The zero-order valence-corrected chi connectivity index (χ0v) is 9.79. The molecule has 0 aromatic carbocycles. The smallest absolute Gasteiger partial charge is 0.237 e. The van der Waals surface area contributed by atoms with Gasteiger partial charge in [-0.25, -0.2) is 0 Å². The van der Waals surface area contributed by atoms with Gasteiger partial charge in [0.1, 0.15) is 0 Å². The molecule has 0 bridgehead atoms. The third-order valence-corrected chi connectivity index (χ3v) is 2.17. The molecule has 0 aliphatic rings. The molecule has 0 saturated carbocycles. The number of rotatable bonds is 8. The van der Waals surface area contributed by atoms with E-state index in [1.165, 1.54) is 0 Å². The van der Waals surface area contributed by atoms with Crippen LogP contribution in [0.5, 0.6) is 0 Å². The zero-order chi connectivity index (χ0) is 11.7. The number of amides is 1. The Morgan fingerprint density at radius 1 is 1.47 bits per heavy atom. The van der Waals surface area contributed by atoms with Gasteiger partial charge in [-0.3, -0.25) is 4.79 Å². The van der Waals surface area contributed by atoms with Crippen molar-refractivity contribution in [1.29, 1.82) is 0 Å². The van der Waals surface area contributed by atoms with Crippen LogP contribution in [-0.4, -0.2) is 45.4 Å². The zero-order valence-electron chi connectivity index (χ0n) is 9.79. The van der Waals surface area contributed by atoms with Gasteiger partial charge in [0, 0.05) is 27.4 Å². The molecule has 2 unspecified atom stereocenters. The Balaban J connectivity index is 3.60. The SMILES string of the molecule is COCCCC(N)C(=O)NCC(C)OC. The van der Waals surface area contributed by atoms with Crippen molar-refractivity contribution in [2.75, 3.05) is 27.4 Å². The maximum Gasteiger partial charge on any atom is 0.237 e. The lowest BCUT2D eigenvalue weighted by Gasteiger charge is -2.14. The van der Waals surface area contributed by atoms with Gasteiger partial charge in [-0.2, -0.15) is 0 Å². The van der Waals surface area contributed by atoms with Crippen LogP contribution >= 0.6 is 0 Å². The van der Waals surface area contributed by atoms with Crippen molar-refractivity contribution in [2.24, 2.45) is 5.73 Å². The van der Waals surface area contributed by atoms with Crippen molar-refractivity contribution in [3.63, 3.8) is 0 Å². The number of hydrogen-bond donors (Lipinski definition) is 2. The predicted octanol–water partition coefficient (Wildman–Crippen LogP) is -0.109. The molecule has 5 heteroatoms. The molecule has 0 aliphatic carbocycles. The molecule has 0 aliphatic heterocycles. The third kappa shape index (κ3) is 7.30. The highest BCUT2D eigenvalue weighted by Crippen LogP contribution is 1.95. The van der Waals surface area contributed by atoms with Crippen LogP contribution in [0.15, 0.2) is 0 Å². The summed E-state index contributed by atoms with van der Waals surface area (Å²) in [5.74, 6) is -0.130. The predicted molar refractivity (Wildman–Crippen MR) is 58.6 cm³/mol. The maximum atomic E-state index is 11.4. The third-order valence-electron chi connectivity index (χ3n) is 2.17. The second kappa shape index (κ2) is 8.64. The topological polar surface area (TPSA) is 73.6 Å². The van der Waals surface area contributed by atoms with E-state index in [2.05, 4.69) is 5.32 Å². The molecule has 0 aromatic heterocycles. The van der Waals surface area contributed by atoms with E-state index in [-0.39, 0.29) is 12.0 Å². The summed E-state index contributed by atoms with van der Waals surface area (Å²) < 4.78 is 9.88. The Morgan fingerprint density at radius 2 is 2.13 bits per heavy atom. The van der Waals surface area contributed by atoms with Gasteiger partial charge < -0.3 is 20.5 Å². The van der Waals surface area contributed by atoms with E-state index in [1.54, 1.807) is 14.2 Å². The van der Waals surface area contributed by atoms with Crippen molar-refractivity contribution in [1.82, 2.24) is 5.32 Å². The Hall–Kier alpha value is -0.650. The van der Waals surface area contributed by atoms with Gasteiger partial charge >= 0.3 is 0 Å². The van der Waals surface area contributed by atoms with Crippen LogP contribution in [0, 0.1) is 0 Å². The Morgan fingerprint density at radius 3 is 2.67 bits per heavy atom. The fourth-order valence-electron chi connectivity index (χ4n) is 1.04. The average Bonchev–Trinajstić information content (AvgIpc) is 2.25. The number of hydrogen-bond acceptors (Lipinski definition) is 4. The van der Waals surface area contributed by atoms with Crippen LogP contribution in [0.2, 0.25) is 0 Å². The molecule has 0 saturated heterocycles. The molecule has 0 aromatic rings. The van der Waals surface area contributed by atoms with Crippen molar-refractivity contribution >= 4 is 5.91 Å². The molecule has 1 amide bonds. The van der Waals surface area contributed by atoms with Crippen LogP contribution in [0.4, 0.5) is 0 Å². The van der Waals surface area contributed by atoms with Crippen LogP contribution in [0.1, 0.15) is 19.8 Å². The largest absolute Gasteiger partial charge is 0.385 e. The number of carbonyl (C=O) groups is 1. The number of carbonyl (C=O) groups excluding carboxylic acids is 1. The second-order valence-corrected chi connectivity index (χ2v) is 3.53. The van der Waals surface area contributed by atoms with E-state index in [4.69, 9.17) is 15.2 Å². The van der Waals surface area contributed by atoms with E-state index in [0.717, 1.165) is 6.42 Å². The lowest BCUT2D eigenvalue weighted by Crippen LogP contribution is -2.43. The minimum atomic E-state index is -0.454. The molecule has 90 valence electrons. The highest BCUT2D eigenvalue weighted by Gasteiger charge is 2.13. The standard InChI is InChI=1S/C10H22N2O3/c1-8(15-3)7-12-10(13)9(11)5-4-6-14-2/h8-9H,4-7,11H2,1-3H3,(H,12,13). The first-order chi connectivity index (χ1) is 7.11. The summed E-state index contributed by atoms with van der Waals surface area (Å²) >= 11 is 0. The summed E-state index contributed by atoms with van der Waals surface area (Å²) in [5, 5.41) is 2.73. The molecule has 0 heterocycles. The van der Waals surface area contributed by atoms with Crippen LogP contribution in [0.25, 0.3) is 0 Å². The minimum absolute atomic E-state index is 0.0140. The maximum absolute atomic E-state index is 11.4. The summed E-state index contributed by atoms with van der Waals surface area (Å²) in [6.45, 7) is 3.01. The molecule has 2 atom stereocenters. The molecule has 5 nitrogen and oxygen atoms in total. The number of nitrogens with one attached hydrogen (secondary N) is 1. The fourth-order valence-corrected chi connectivity index (χ4v) is 1.04. The molecule has 0 radical (unpaired) electrons. The number of ether oxygens (including phenoxy) is 2. The fraction of sp³-hybridized carbons (Fsp3) is 0.900. The molecule has 15 heavy (non-hydrogen) atoms. The first-order valence-corrected chi connectivity index (χ1v) is 5.16. The molecule has 3 N–H and O–H groups in total. The first-order valence-electron chi connectivity index (χ1n) is 5.16. The molecule has 0 spiro atoms. The molecule has 0 rings (SSSR count). The Kier molecular flexibility index (Phi) is 8.27. The summed E-state index contributed by atoms with van der Waals surface area (Å²) in [7, 11) is 3.24. The number of nitrogens with two attached hydrogens (primary N) is 1. The second-order valence-electron chi connectivity index (χ2n) is 3.53. The monoisotopic (exact) mass is 218 g/mol. The molecular formula is C10H22N2O3. The van der Waals surface area contributed by atoms with Crippen LogP contribution < -0.4 is 11.1 Å². The van der Waals surface area contributed by atoms with Gasteiger partial charge in [-0.05, 0) is 19.8 Å². The lowest BCUT2D eigenvalue weighted by molar-refractivity contribution is -0.123. The van der Waals surface area contributed by atoms with E-state index in [9.17, 15) is 4.79 Å². The molecular weight excluding hydrogens is 196 g/mol. The van der Waals surface area contributed by atoms with E-state index >= 15 is 0 Å². The summed E-state index contributed by atoms with van der Waals surface area (Å²) in [6.07, 6.45) is 1.45. The van der Waals surface area contributed by atoms with E-state index in [1.807, 2.05) is 6.92 Å². The Labute approximate surface area is 91.3 Å². The van der Waals surface area contributed by atoms with E-state index in [0.29, 0.717) is 19.6 Å². The normalized spacial score (nSPS) is 14.7. The van der Waals surface area contributed by atoms with Gasteiger partial charge in [0.15, 0.2) is 0 Å². The quantitative estimate of drug-likeness (QED) is 0.558. The summed E-state index contributed by atoms with van der Waals surface area (Å²) in [4.78, 5) is 11.4. The van der Waals surface area contributed by atoms with Crippen molar-refractivity contribution < 1.29 is 14.3 Å². The van der Waals surface area contributed by atoms with Crippen molar-refractivity contribution in [3.8, 4) is 0 Å². The van der Waals surface area contributed by atoms with Crippen LogP contribution in [0.3, 0.4) is 0 Å². The van der Waals surface area contributed by atoms with Gasteiger partial charge in [0.2, 0.25) is 5.91 Å².